The summed E-state index contributed by atoms with van der Waals surface area (Å²) in [6.45, 7) is 8.52. The van der Waals surface area contributed by atoms with Crippen LogP contribution in [-0.4, -0.2) is 50.1 Å². The lowest BCUT2D eigenvalue weighted by atomic mass is 9.70. The first kappa shape index (κ1) is 12.8. The van der Waals surface area contributed by atoms with Gasteiger partial charge in [-0.15, -0.1) is 0 Å². The molecule has 1 saturated carbocycles. The molecule has 0 aromatic heterocycles. The molecule has 2 rings (SSSR count). The molecule has 2 aliphatic rings. The predicted octanol–water partition coefficient (Wildman–Crippen LogP) is 0.588. The van der Waals surface area contributed by atoms with Gasteiger partial charge in [-0.05, 0) is 25.8 Å². The molecule has 0 aromatic rings. The van der Waals surface area contributed by atoms with Crippen LogP contribution in [0.1, 0.15) is 32.6 Å². The number of piperazine rings is 1. The fourth-order valence-electron chi connectivity index (χ4n) is 2.59. The Morgan fingerprint density at radius 1 is 1.35 bits per heavy atom. The highest BCUT2D eigenvalue weighted by atomic mass is 16.2. The van der Waals surface area contributed by atoms with E-state index in [0.29, 0.717) is 0 Å². The highest BCUT2D eigenvalue weighted by molar-refractivity contribution is 5.82. The average molecular weight is 239 g/mol. The van der Waals surface area contributed by atoms with Gasteiger partial charge in [0.25, 0.3) is 0 Å². The molecule has 1 aliphatic carbocycles. The number of hydrogen-bond acceptors (Lipinski definition) is 3. The summed E-state index contributed by atoms with van der Waals surface area (Å²) in [4.78, 5) is 14.3. The minimum absolute atomic E-state index is 0.0466. The van der Waals surface area contributed by atoms with Gasteiger partial charge in [0.05, 0.1) is 0 Å². The maximum atomic E-state index is 11.9. The summed E-state index contributed by atoms with van der Waals surface area (Å²) >= 11 is 0. The van der Waals surface area contributed by atoms with Crippen molar-refractivity contribution in [2.45, 2.75) is 32.6 Å². The maximum Gasteiger partial charge on any atom is 0.225 e. The molecule has 0 radical (unpaired) electrons. The Bertz CT molecular complexity index is 257. The minimum atomic E-state index is -0.0466. The Balaban J connectivity index is 1.55. The molecular weight excluding hydrogens is 214 g/mol. The van der Waals surface area contributed by atoms with Crippen molar-refractivity contribution < 1.29 is 4.79 Å². The van der Waals surface area contributed by atoms with Crippen molar-refractivity contribution in [3.63, 3.8) is 0 Å². The van der Waals surface area contributed by atoms with E-state index in [1.54, 1.807) is 0 Å². The summed E-state index contributed by atoms with van der Waals surface area (Å²) in [6, 6.07) is 0. The molecule has 0 aromatic carbocycles. The van der Waals surface area contributed by atoms with Gasteiger partial charge in [0.2, 0.25) is 5.91 Å². The molecule has 0 unspecified atom stereocenters. The molecule has 1 heterocycles. The molecule has 1 aliphatic heterocycles. The monoisotopic (exact) mass is 239 g/mol. The van der Waals surface area contributed by atoms with Gasteiger partial charge in [-0.3, -0.25) is 4.79 Å². The highest BCUT2D eigenvalue weighted by Gasteiger charge is 2.38. The summed E-state index contributed by atoms with van der Waals surface area (Å²) in [6.07, 6.45) is 4.42. The van der Waals surface area contributed by atoms with Crippen molar-refractivity contribution >= 4 is 5.91 Å². The Morgan fingerprint density at radius 3 is 2.65 bits per heavy atom. The van der Waals surface area contributed by atoms with Crippen molar-refractivity contribution in [2.24, 2.45) is 5.41 Å². The summed E-state index contributed by atoms with van der Waals surface area (Å²) < 4.78 is 0. The Morgan fingerprint density at radius 2 is 2.06 bits per heavy atom. The molecular formula is C13H25N3O. The zero-order chi connectivity index (χ0) is 12.1. The molecule has 2 fully saturated rings. The van der Waals surface area contributed by atoms with Crippen LogP contribution in [0.4, 0.5) is 0 Å². The third-order valence-electron chi connectivity index (χ3n) is 4.15. The zero-order valence-electron chi connectivity index (χ0n) is 10.9. The van der Waals surface area contributed by atoms with Gasteiger partial charge >= 0.3 is 0 Å². The second kappa shape index (κ2) is 5.83. The minimum Gasteiger partial charge on any atom is -0.356 e. The highest BCUT2D eigenvalue weighted by Crippen LogP contribution is 2.40. The lowest BCUT2D eigenvalue weighted by Gasteiger charge is -2.36. The van der Waals surface area contributed by atoms with Gasteiger partial charge in [0.1, 0.15) is 0 Å². The second-order valence-electron chi connectivity index (χ2n) is 5.62. The van der Waals surface area contributed by atoms with E-state index in [9.17, 15) is 4.79 Å². The fraction of sp³-hybridized carbons (Fsp3) is 0.923. The molecule has 0 spiro atoms. The number of nitrogens with one attached hydrogen (secondary N) is 2. The van der Waals surface area contributed by atoms with Crippen LogP contribution in [-0.2, 0) is 4.79 Å². The lowest BCUT2D eigenvalue weighted by molar-refractivity contribution is -0.134. The van der Waals surface area contributed by atoms with E-state index >= 15 is 0 Å². The van der Waals surface area contributed by atoms with E-state index in [1.165, 1.54) is 6.42 Å². The molecule has 4 heteroatoms. The van der Waals surface area contributed by atoms with E-state index < -0.39 is 0 Å². The molecule has 1 saturated heterocycles. The normalized spacial score (nSPS) is 24.1. The number of carbonyl (C=O) groups excluding carboxylic acids is 1. The van der Waals surface area contributed by atoms with Crippen LogP contribution in [0, 0.1) is 5.41 Å². The second-order valence-corrected chi connectivity index (χ2v) is 5.62. The van der Waals surface area contributed by atoms with E-state index in [0.717, 1.165) is 58.5 Å². The fourth-order valence-corrected chi connectivity index (χ4v) is 2.59. The van der Waals surface area contributed by atoms with E-state index in [2.05, 4.69) is 22.5 Å². The molecule has 98 valence electrons. The van der Waals surface area contributed by atoms with Crippen LogP contribution in [0.25, 0.3) is 0 Å². The average Bonchev–Trinajstić information content (AvgIpc) is 2.32. The van der Waals surface area contributed by atoms with Gasteiger partial charge in [0.15, 0.2) is 0 Å². The van der Waals surface area contributed by atoms with Gasteiger partial charge in [-0.2, -0.15) is 0 Å². The molecule has 0 bridgehead atoms. The van der Waals surface area contributed by atoms with Crippen molar-refractivity contribution in [1.82, 2.24) is 15.5 Å². The van der Waals surface area contributed by atoms with Crippen molar-refractivity contribution in [3.05, 3.63) is 0 Å². The van der Waals surface area contributed by atoms with E-state index in [1.807, 2.05) is 0 Å². The van der Waals surface area contributed by atoms with Crippen LogP contribution in [0.3, 0.4) is 0 Å². The Labute approximate surface area is 104 Å². The van der Waals surface area contributed by atoms with Crippen LogP contribution in [0.2, 0.25) is 0 Å². The summed E-state index contributed by atoms with van der Waals surface area (Å²) in [5, 5.41) is 6.43. The van der Waals surface area contributed by atoms with Gasteiger partial charge < -0.3 is 15.5 Å². The smallest absolute Gasteiger partial charge is 0.225 e. The number of carbonyl (C=O) groups is 1. The van der Waals surface area contributed by atoms with Gasteiger partial charge in [-0.25, -0.2) is 0 Å². The Kier molecular flexibility index (Phi) is 4.40. The molecule has 17 heavy (non-hydrogen) atoms. The first-order valence-electron chi connectivity index (χ1n) is 6.92. The maximum absolute atomic E-state index is 11.9. The molecule has 4 nitrogen and oxygen atoms in total. The number of hydrogen-bond donors (Lipinski definition) is 2. The SMILES string of the molecule is CC1(C(=O)NCCCN2CCNCC2)CCC1. The topological polar surface area (TPSA) is 44.4 Å². The first-order valence-corrected chi connectivity index (χ1v) is 6.92. The number of rotatable bonds is 5. The van der Waals surface area contributed by atoms with Gasteiger partial charge in [0, 0.05) is 38.1 Å². The number of amides is 1. The predicted molar refractivity (Wildman–Crippen MR) is 68.9 cm³/mol. The lowest BCUT2D eigenvalue weighted by Crippen LogP contribution is -2.46. The van der Waals surface area contributed by atoms with Crippen LogP contribution in [0.5, 0.6) is 0 Å². The van der Waals surface area contributed by atoms with Crippen molar-refractivity contribution in [1.29, 1.82) is 0 Å². The third kappa shape index (κ3) is 3.42. The molecule has 0 atom stereocenters. The summed E-state index contributed by atoms with van der Waals surface area (Å²) in [7, 11) is 0. The van der Waals surface area contributed by atoms with Crippen molar-refractivity contribution in [3.8, 4) is 0 Å². The molecule has 2 N–H and O–H groups in total. The standard InChI is InChI=1S/C13H25N3O/c1-13(4-2-5-13)12(17)15-6-3-9-16-10-7-14-8-11-16/h14H,2-11H2,1H3,(H,15,17). The number of nitrogens with zero attached hydrogens (tertiary/aromatic N) is 1. The first-order chi connectivity index (χ1) is 8.21. The van der Waals surface area contributed by atoms with Crippen molar-refractivity contribution in [2.75, 3.05) is 39.3 Å². The summed E-state index contributed by atoms with van der Waals surface area (Å²) in [5.74, 6) is 0.268. The van der Waals surface area contributed by atoms with E-state index in [-0.39, 0.29) is 11.3 Å². The Hall–Kier alpha value is -0.610. The van der Waals surface area contributed by atoms with E-state index in [4.69, 9.17) is 0 Å². The van der Waals surface area contributed by atoms with Crippen LogP contribution >= 0.6 is 0 Å². The zero-order valence-corrected chi connectivity index (χ0v) is 10.9. The largest absolute Gasteiger partial charge is 0.356 e. The summed E-state index contributed by atoms with van der Waals surface area (Å²) in [5.41, 5.74) is -0.0466. The molecule has 1 amide bonds. The van der Waals surface area contributed by atoms with Gasteiger partial charge in [-0.1, -0.05) is 13.3 Å². The van der Waals surface area contributed by atoms with Crippen LogP contribution < -0.4 is 10.6 Å². The quantitative estimate of drug-likeness (QED) is 0.690. The third-order valence-corrected chi connectivity index (χ3v) is 4.15. The van der Waals surface area contributed by atoms with Crippen LogP contribution in [0.15, 0.2) is 0 Å².